The highest BCUT2D eigenvalue weighted by Crippen LogP contribution is 2.23. The van der Waals surface area contributed by atoms with Crippen LogP contribution in [0.3, 0.4) is 0 Å². The Balaban J connectivity index is 3.03. The van der Waals surface area contributed by atoms with Gasteiger partial charge in [-0.05, 0) is 26.7 Å². The van der Waals surface area contributed by atoms with E-state index in [1.54, 1.807) is 0 Å². The lowest BCUT2D eigenvalue weighted by molar-refractivity contribution is -0.135. The summed E-state index contributed by atoms with van der Waals surface area (Å²) in [5.74, 6) is 0. The van der Waals surface area contributed by atoms with Crippen molar-refractivity contribution >= 4 is 0 Å². The van der Waals surface area contributed by atoms with Crippen LogP contribution in [0.2, 0.25) is 0 Å². The topological polar surface area (TPSA) is 18.5 Å². The molecule has 0 unspecified atom stereocenters. The molecule has 0 rings (SSSR count). The van der Waals surface area contributed by atoms with Gasteiger partial charge in [0.2, 0.25) is 0 Å². The standard InChI is InChI=1S/C22H43F3O2/c1-21(2)27-20-19-26-18-16-14-12-10-8-6-4-3-5-7-9-11-13-15-17-22(23,24)25/h21H,3-20H2,1-2H3. The molecule has 0 aliphatic rings. The zero-order chi connectivity index (χ0) is 20.2. The number of hydrogen-bond donors (Lipinski definition) is 0. The summed E-state index contributed by atoms with van der Waals surface area (Å²) in [5, 5.41) is 0. The Bertz CT molecular complexity index is 294. The highest BCUT2D eigenvalue weighted by Gasteiger charge is 2.25. The molecule has 0 aliphatic heterocycles. The molecule has 0 aromatic rings. The van der Waals surface area contributed by atoms with Crippen molar-refractivity contribution in [3.63, 3.8) is 0 Å². The molecule has 5 heteroatoms. The smallest absolute Gasteiger partial charge is 0.379 e. The van der Waals surface area contributed by atoms with Crippen molar-refractivity contribution in [3.8, 4) is 0 Å². The monoisotopic (exact) mass is 396 g/mol. The molecule has 0 aromatic carbocycles. The van der Waals surface area contributed by atoms with Crippen molar-refractivity contribution in [2.24, 2.45) is 0 Å². The van der Waals surface area contributed by atoms with Crippen LogP contribution in [0.15, 0.2) is 0 Å². The van der Waals surface area contributed by atoms with E-state index in [0.29, 0.717) is 19.6 Å². The third-order valence-corrected chi connectivity index (χ3v) is 4.68. The first-order valence-electron chi connectivity index (χ1n) is 11.2. The van der Waals surface area contributed by atoms with Crippen molar-refractivity contribution in [2.45, 2.75) is 122 Å². The minimum Gasteiger partial charge on any atom is -0.379 e. The highest BCUT2D eigenvalue weighted by atomic mass is 19.4. The number of rotatable bonds is 20. The maximum atomic E-state index is 12.0. The molecule has 0 saturated heterocycles. The van der Waals surface area contributed by atoms with Crippen molar-refractivity contribution in [3.05, 3.63) is 0 Å². The van der Waals surface area contributed by atoms with E-state index in [9.17, 15) is 13.2 Å². The van der Waals surface area contributed by atoms with E-state index in [-0.39, 0.29) is 6.10 Å². The molecular weight excluding hydrogens is 353 g/mol. The van der Waals surface area contributed by atoms with Gasteiger partial charge in [-0.2, -0.15) is 13.2 Å². The predicted molar refractivity (Wildman–Crippen MR) is 107 cm³/mol. The normalized spacial score (nSPS) is 12.2. The van der Waals surface area contributed by atoms with E-state index in [4.69, 9.17) is 9.47 Å². The lowest BCUT2D eigenvalue weighted by atomic mass is 10.0. The van der Waals surface area contributed by atoms with Crippen LogP contribution < -0.4 is 0 Å². The SMILES string of the molecule is CC(C)OCCOCCCCCCCCCCCCCCCCC(F)(F)F. The molecule has 0 radical (unpaired) electrons. The third kappa shape index (κ3) is 25.7. The summed E-state index contributed by atoms with van der Waals surface area (Å²) < 4.78 is 46.9. The summed E-state index contributed by atoms with van der Waals surface area (Å²) in [5.41, 5.74) is 0. The molecule has 0 bridgehead atoms. The average molecular weight is 397 g/mol. The van der Waals surface area contributed by atoms with Crippen LogP contribution in [0.5, 0.6) is 0 Å². The van der Waals surface area contributed by atoms with Crippen LogP contribution in [0.1, 0.15) is 110 Å². The molecule has 0 spiro atoms. The average Bonchev–Trinajstić information content (AvgIpc) is 2.58. The van der Waals surface area contributed by atoms with E-state index >= 15 is 0 Å². The lowest BCUT2D eigenvalue weighted by Gasteiger charge is -2.08. The molecule has 0 aliphatic carbocycles. The highest BCUT2D eigenvalue weighted by molar-refractivity contribution is 4.53. The van der Waals surface area contributed by atoms with E-state index in [1.165, 1.54) is 57.8 Å². The fourth-order valence-electron chi connectivity index (χ4n) is 3.10. The Hall–Kier alpha value is -0.290. The van der Waals surface area contributed by atoms with Gasteiger partial charge in [-0.15, -0.1) is 0 Å². The summed E-state index contributed by atoms with van der Waals surface area (Å²) in [6, 6.07) is 0. The lowest BCUT2D eigenvalue weighted by Crippen LogP contribution is -2.10. The quantitative estimate of drug-likeness (QED) is 0.195. The molecule has 0 heterocycles. The van der Waals surface area contributed by atoms with Gasteiger partial charge in [-0.25, -0.2) is 0 Å². The largest absolute Gasteiger partial charge is 0.389 e. The molecule has 0 saturated carbocycles. The van der Waals surface area contributed by atoms with Gasteiger partial charge in [0.15, 0.2) is 0 Å². The maximum absolute atomic E-state index is 12.0. The van der Waals surface area contributed by atoms with Gasteiger partial charge in [0.25, 0.3) is 0 Å². The van der Waals surface area contributed by atoms with Crippen molar-refractivity contribution in [1.82, 2.24) is 0 Å². The Labute approximate surface area is 165 Å². The first-order valence-corrected chi connectivity index (χ1v) is 11.2. The van der Waals surface area contributed by atoms with E-state index in [1.807, 2.05) is 13.8 Å². The Morgan fingerprint density at radius 2 is 0.963 bits per heavy atom. The second-order valence-electron chi connectivity index (χ2n) is 7.85. The molecule has 0 amide bonds. The molecule has 164 valence electrons. The zero-order valence-corrected chi connectivity index (χ0v) is 17.8. The Kier molecular flexibility index (Phi) is 18.8. The van der Waals surface area contributed by atoms with Gasteiger partial charge in [-0.3, -0.25) is 0 Å². The third-order valence-electron chi connectivity index (χ3n) is 4.68. The van der Waals surface area contributed by atoms with Crippen molar-refractivity contribution < 1.29 is 22.6 Å². The van der Waals surface area contributed by atoms with Gasteiger partial charge < -0.3 is 9.47 Å². The summed E-state index contributed by atoms with van der Waals surface area (Å²) in [7, 11) is 0. The van der Waals surface area contributed by atoms with Crippen LogP contribution >= 0.6 is 0 Å². The van der Waals surface area contributed by atoms with Crippen LogP contribution in [0.25, 0.3) is 0 Å². The second-order valence-corrected chi connectivity index (χ2v) is 7.85. The number of hydrogen-bond acceptors (Lipinski definition) is 2. The molecule has 27 heavy (non-hydrogen) atoms. The summed E-state index contributed by atoms with van der Waals surface area (Å²) in [4.78, 5) is 0. The van der Waals surface area contributed by atoms with Crippen LogP contribution in [0.4, 0.5) is 13.2 Å². The minimum atomic E-state index is -3.98. The van der Waals surface area contributed by atoms with Gasteiger partial charge in [0.1, 0.15) is 0 Å². The molecule has 0 atom stereocenters. The van der Waals surface area contributed by atoms with Crippen LogP contribution in [-0.4, -0.2) is 32.1 Å². The first kappa shape index (κ1) is 26.7. The molecule has 0 N–H and O–H groups in total. The summed E-state index contributed by atoms with van der Waals surface area (Å²) in [6.45, 7) is 6.30. The number of ether oxygens (including phenoxy) is 2. The zero-order valence-electron chi connectivity index (χ0n) is 17.8. The van der Waals surface area contributed by atoms with E-state index < -0.39 is 12.6 Å². The number of halogens is 3. The molecule has 2 nitrogen and oxygen atoms in total. The van der Waals surface area contributed by atoms with Gasteiger partial charge in [-0.1, -0.05) is 77.0 Å². The van der Waals surface area contributed by atoms with Gasteiger partial charge in [0, 0.05) is 13.0 Å². The molecule has 0 fully saturated rings. The molecule has 0 aromatic heterocycles. The number of alkyl halides is 3. The fourth-order valence-corrected chi connectivity index (χ4v) is 3.10. The second kappa shape index (κ2) is 19.0. The van der Waals surface area contributed by atoms with Gasteiger partial charge >= 0.3 is 6.18 Å². The fraction of sp³-hybridized carbons (Fsp3) is 1.00. The first-order chi connectivity index (χ1) is 12.9. The van der Waals surface area contributed by atoms with E-state index in [2.05, 4.69) is 0 Å². The Morgan fingerprint density at radius 1 is 0.556 bits per heavy atom. The summed E-state index contributed by atoms with van der Waals surface area (Å²) >= 11 is 0. The van der Waals surface area contributed by atoms with Gasteiger partial charge in [0.05, 0.1) is 19.3 Å². The van der Waals surface area contributed by atoms with Crippen molar-refractivity contribution in [2.75, 3.05) is 19.8 Å². The number of unbranched alkanes of at least 4 members (excludes halogenated alkanes) is 13. The maximum Gasteiger partial charge on any atom is 0.389 e. The minimum absolute atomic E-state index is 0.283. The van der Waals surface area contributed by atoms with Crippen LogP contribution in [0, 0.1) is 0 Å². The van der Waals surface area contributed by atoms with Crippen LogP contribution in [-0.2, 0) is 9.47 Å². The Morgan fingerprint density at radius 3 is 1.37 bits per heavy atom. The predicted octanol–water partition coefficient (Wildman–Crippen LogP) is 7.84. The van der Waals surface area contributed by atoms with Crippen molar-refractivity contribution in [1.29, 1.82) is 0 Å². The summed E-state index contributed by atoms with van der Waals surface area (Å²) in [6.07, 6.45) is 11.4. The molecular formula is C22H43F3O2. The van der Waals surface area contributed by atoms with E-state index in [0.717, 1.165) is 32.3 Å².